The molecule has 2 N–H and O–H groups in total. The second-order valence-corrected chi connectivity index (χ2v) is 4.40. The van der Waals surface area contributed by atoms with E-state index in [-0.39, 0.29) is 5.91 Å². The number of aryl methyl sites for hydroxylation is 2. The van der Waals surface area contributed by atoms with Gasteiger partial charge in [-0.1, -0.05) is 0 Å². The Morgan fingerprint density at radius 2 is 2.20 bits per heavy atom. The fourth-order valence-electron chi connectivity index (χ4n) is 1.80. The molecular weight excluding hydrogens is 256 g/mol. The molecule has 0 saturated carbocycles. The lowest BCUT2D eigenvalue weighted by molar-refractivity contribution is -0.121. The summed E-state index contributed by atoms with van der Waals surface area (Å²) in [6.07, 6.45) is 0.342. The van der Waals surface area contributed by atoms with Gasteiger partial charge in [0.25, 0.3) is 0 Å². The summed E-state index contributed by atoms with van der Waals surface area (Å²) in [5, 5.41) is 15.0. The molecule has 1 aromatic rings. The lowest BCUT2D eigenvalue weighted by atomic mass is 10.1. The molecule has 0 aliphatic carbocycles. The Balaban J connectivity index is 2.50. The van der Waals surface area contributed by atoms with Crippen LogP contribution in [0.4, 0.5) is 5.69 Å². The number of hydrogen-bond donors (Lipinski definition) is 2. The predicted molar refractivity (Wildman–Crippen MR) is 76.4 cm³/mol. The Morgan fingerprint density at radius 1 is 1.45 bits per heavy atom. The van der Waals surface area contributed by atoms with Gasteiger partial charge in [0, 0.05) is 32.3 Å². The molecule has 0 aliphatic rings. The van der Waals surface area contributed by atoms with Gasteiger partial charge in [-0.2, -0.15) is 5.26 Å². The second-order valence-electron chi connectivity index (χ2n) is 4.40. The fourth-order valence-corrected chi connectivity index (χ4v) is 1.80. The highest BCUT2D eigenvalue weighted by Gasteiger charge is 2.08. The minimum absolute atomic E-state index is 0.0458. The lowest BCUT2D eigenvalue weighted by Crippen LogP contribution is -2.28. The first kappa shape index (κ1) is 15.9. The molecule has 0 spiro atoms. The topological polar surface area (TPSA) is 87.0 Å². The van der Waals surface area contributed by atoms with E-state index < -0.39 is 0 Å². The standard InChI is InChI=1S/C14H20N4O2/c1-10-8-13(12(9-15)11(2)18-10)16-5-4-14(19)17-6-7-20-3/h8H,4-7H2,1-3H3,(H,16,18)(H,17,19). The van der Waals surface area contributed by atoms with E-state index in [4.69, 9.17) is 10.00 Å². The Morgan fingerprint density at radius 3 is 2.85 bits per heavy atom. The first-order valence-electron chi connectivity index (χ1n) is 6.46. The summed E-state index contributed by atoms with van der Waals surface area (Å²) in [6, 6.07) is 3.94. The summed E-state index contributed by atoms with van der Waals surface area (Å²) < 4.78 is 4.85. The summed E-state index contributed by atoms with van der Waals surface area (Å²) in [5.41, 5.74) is 2.78. The molecule has 1 amide bonds. The van der Waals surface area contributed by atoms with Gasteiger partial charge in [-0.15, -0.1) is 0 Å². The Kier molecular flexibility index (Phi) is 6.47. The highest BCUT2D eigenvalue weighted by Crippen LogP contribution is 2.18. The Hall–Kier alpha value is -2.13. The van der Waals surface area contributed by atoms with E-state index in [0.717, 1.165) is 11.4 Å². The van der Waals surface area contributed by atoms with Gasteiger partial charge in [-0.25, -0.2) is 0 Å². The summed E-state index contributed by atoms with van der Waals surface area (Å²) >= 11 is 0. The van der Waals surface area contributed by atoms with E-state index in [1.54, 1.807) is 14.0 Å². The minimum atomic E-state index is -0.0458. The molecule has 1 heterocycles. The third-order valence-corrected chi connectivity index (χ3v) is 2.74. The Bertz CT molecular complexity index is 509. The van der Waals surface area contributed by atoms with Crippen molar-refractivity contribution < 1.29 is 9.53 Å². The van der Waals surface area contributed by atoms with Crippen LogP contribution in [0.5, 0.6) is 0 Å². The van der Waals surface area contributed by atoms with Crippen LogP contribution in [0.25, 0.3) is 0 Å². The number of rotatable bonds is 7. The summed E-state index contributed by atoms with van der Waals surface area (Å²) in [5.74, 6) is -0.0458. The number of carbonyl (C=O) groups excluding carboxylic acids is 1. The van der Waals surface area contributed by atoms with Crippen LogP contribution in [0.15, 0.2) is 6.07 Å². The van der Waals surface area contributed by atoms with Crippen molar-refractivity contribution in [3.8, 4) is 6.07 Å². The number of pyridine rings is 1. The molecule has 0 atom stereocenters. The Labute approximate surface area is 119 Å². The van der Waals surface area contributed by atoms with E-state index >= 15 is 0 Å². The first-order chi connectivity index (χ1) is 9.58. The maximum Gasteiger partial charge on any atom is 0.221 e. The van der Waals surface area contributed by atoms with Gasteiger partial charge in [0.1, 0.15) is 6.07 Å². The van der Waals surface area contributed by atoms with Crippen molar-refractivity contribution in [2.45, 2.75) is 20.3 Å². The molecule has 1 aromatic heterocycles. The van der Waals surface area contributed by atoms with Crippen molar-refractivity contribution in [1.82, 2.24) is 10.3 Å². The second kappa shape index (κ2) is 8.12. The average molecular weight is 276 g/mol. The predicted octanol–water partition coefficient (Wildman–Crippen LogP) is 1.13. The van der Waals surface area contributed by atoms with E-state index in [1.165, 1.54) is 0 Å². The molecule has 108 valence electrons. The number of carbonyl (C=O) groups is 1. The van der Waals surface area contributed by atoms with Crippen LogP contribution < -0.4 is 10.6 Å². The van der Waals surface area contributed by atoms with Crippen molar-refractivity contribution in [2.75, 3.05) is 32.1 Å². The number of anilines is 1. The summed E-state index contributed by atoms with van der Waals surface area (Å²) in [7, 11) is 1.59. The van der Waals surface area contributed by atoms with Crippen molar-refractivity contribution in [3.05, 3.63) is 23.0 Å². The highest BCUT2D eigenvalue weighted by molar-refractivity contribution is 5.76. The fraction of sp³-hybridized carbons (Fsp3) is 0.500. The van der Waals surface area contributed by atoms with Crippen LogP contribution in [0.1, 0.15) is 23.4 Å². The van der Waals surface area contributed by atoms with E-state index in [0.29, 0.717) is 37.4 Å². The molecule has 6 nitrogen and oxygen atoms in total. The monoisotopic (exact) mass is 276 g/mol. The number of amides is 1. The molecule has 0 aromatic carbocycles. The van der Waals surface area contributed by atoms with Crippen LogP contribution in [-0.4, -0.2) is 37.7 Å². The number of methoxy groups -OCH3 is 1. The van der Waals surface area contributed by atoms with E-state index in [1.807, 2.05) is 13.0 Å². The first-order valence-corrected chi connectivity index (χ1v) is 6.46. The quantitative estimate of drug-likeness (QED) is 0.729. The van der Waals surface area contributed by atoms with Crippen LogP contribution in [0.2, 0.25) is 0 Å². The zero-order valence-corrected chi connectivity index (χ0v) is 12.1. The van der Waals surface area contributed by atoms with Gasteiger partial charge in [0.15, 0.2) is 0 Å². The molecule has 0 aliphatic heterocycles. The molecule has 0 saturated heterocycles. The third kappa shape index (κ3) is 4.86. The number of hydrogen-bond acceptors (Lipinski definition) is 5. The van der Waals surface area contributed by atoms with Gasteiger partial charge < -0.3 is 15.4 Å². The largest absolute Gasteiger partial charge is 0.383 e. The minimum Gasteiger partial charge on any atom is -0.383 e. The molecule has 0 fully saturated rings. The van der Waals surface area contributed by atoms with Crippen LogP contribution >= 0.6 is 0 Å². The third-order valence-electron chi connectivity index (χ3n) is 2.74. The lowest BCUT2D eigenvalue weighted by Gasteiger charge is -2.11. The molecule has 0 radical (unpaired) electrons. The van der Waals surface area contributed by atoms with Crippen LogP contribution in [0, 0.1) is 25.2 Å². The maximum atomic E-state index is 11.5. The smallest absolute Gasteiger partial charge is 0.221 e. The maximum absolute atomic E-state index is 11.5. The number of aromatic nitrogens is 1. The van der Waals surface area contributed by atoms with Gasteiger partial charge in [-0.3, -0.25) is 9.78 Å². The van der Waals surface area contributed by atoms with E-state index in [2.05, 4.69) is 21.7 Å². The summed E-state index contributed by atoms with van der Waals surface area (Å²) in [6.45, 7) is 5.15. The summed E-state index contributed by atoms with van der Waals surface area (Å²) in [4.78, 5) is 15.8. The molecule has 0 unspecified atom stereocenters. The number of nitrogens with one attached hydrogen (secondary N) is 2. The molecular formula is C14H20N4O2. The average Bonchev–Trinajstić information content (AvgIpc) is 2.38. The normalized spacial score (nSPS) is 9.90. The number of nitrogens with zero attached hydrogens (tertiary/aromatic N) is 2. The van der Waals surface area contributed by atoms with Crippen molar-refractivity contribution >= 4 is 11.6 Å². The zero-order valence-electron chi connectivity index (χ0n) is 12.1. The van der Waals surface area contributed by atoms with Gasteiger partial charge in [-0.05, 0) is 19.9 Å². The van der Waals surface area contributed by atoms with Crippen molar-refractivity contribution in [2.24, 2.45) is 0 Å². The molecule has 6 heteroatoms. The van der Waals surface area contributed by atoms with E-state index in [9.17, 15) is 4.79 Å². The molecule has 0 bridgehead atoms. The zero-order chi connectivity index (χ0) is 15.0. The SMILES string of the molecule is COCCNC(=O)CCNc1cc(C)nc(C)c1C#N. The van der Waals surface area contributed by atoms with Crippen molar-refractivity contribution in [3.63, 3.8) is 0 Å². The number of nitriles is 1. The number of ether oxygens (including phenoxy) is 1. The van der Waals surface area contributed by atoms with Gasteiger partial charge in [0.2, 0.25) is 5.91 Å². The van der Waals surface area contributed by atoms with Crippen LogP contribution in [0.3, 0.4) is 0 Å². The highest BCUT2D eigenvalue weighted by atomic mass is 16.5. The molecule has 1 rings (SSSR count). The van der Waals surface area contributed by atoms with Crippen LogP contribution in [-0.2, 0) is 9.53 Å². The van der Waals surface area contributed by atoms with Gasteiger partial charge >= 0.3 is 0 Å². The van der Waals surface area contributed by atoms with Crippen molar-refractivity contribution in [1.29, 1.82) is 5.26 Å². The molecule has 20 heavy (non-hydrogen) atoms. The van der Waals surface area contributed by atoms with Gasteiger partial charge in [0.05, 0.1) is 23.6 Å².